The Morgan fingerprint density at radius 3 is 2.43 bits per heavy atom. The van der Waals surface area contributed by atoms with Gasteiger partial charge in [0, 0.05) is 12.0 Å². The van der Waals surface area contributed by atoms with Gasteiger partial charge in [0.1, 0.15) is 5.82 Å². The normalized spacial score (nSPS) is 10.6. The molecule has 0 aliphatic rings. The molecule has 0 fully saturated rings. The Balaban J connectivity index is 1.71. The number of carbonyl (C=O) groups excluding carboxylic acids is 1. The molecule has 0 N–H and O–H groups in total. The summed E-state index contributed by atoms with van der Waals surface area (Å²) in [7, 11) is 1.35. The molecule has 0 unspecified atom stereocenters. The van der Waals surface area contributed by atoms with E-state index in [0.29, 0.717) is 40.9 Å². The lowest BCUT2D eigenvalue weighted by Gasteiger charge is -2.17. The molecule has 0 saturated heterocycles. The molecule has 0 aliphatic carbocycles. The van der Waals surface area contributed by atoms with Crippen LogP contribution >= 0.6 is 0 Å². The smallest absolute Gasteiger partial charge is 0.338 e. The lowest BCUT2D eigenvalue weighted by atomic mass is 9.97. The van der Waals surface area contributed by atoms with E-state index in [4.69, 9.17) is 9.72 Å². The molecule has 6 heteroatoms. The molecular weight excluding hydrogens is 462 g/mol. The Morgan fingerprint density at radius 2 is 1.73 bits per heavy atom. The maximum absolute atomic E-state index is 13.8. The second-order valence-electron chi connectivity index (χ2n) is 8.91. The van der Waals surface area contributed by atoms with Crippen LogP contribution < -0.4 is 5.56 Å². The number of ether oxygens (including phenoxy) is 1. The number of hydrogen-bond donors (Lipinski definition) is 0. The molecule has 4 aromatic rings. The summed E-state index contributed by atoms with van der Waals surface area (Å²) in [5.41, 5.74) is 5.95. The summed E-state index contributed by atoms with van der Waals surface area (Å²) < 4.78 is 6.56. The minimum absolute atomic E-state index is 0.102. The summed E-state index contributed by atoms with van der Waals surface area (Å²) >= 11 is 0. The molecule has 3 aromatic carbocycles. The predicted octanol–water partition coefficient (Wildman–Crippen LogP) is 5.47. The van der Waals surface area contributed by atoms with Gasteiger partial charge >= 0.3 is 5.97 Å². The first-order valence-corrected chi connectivity index (χ1v) is 12.3. The number of benzene rings is 3. The molecule has 0 amide bonds. The fraction of sp³-hybridized carbons (Fsp3) is 0.226. The van der Waals surface area contributed by atoms with Gasteiger partial charge in [-0.3, -0.25) is 9.36 Å². The minimum atomic E-state index is -0.435. The Morgan fingerprint density at radius 1 is 1.03 bits per heavy atom. The molecule has 4 rings (SSSR count). The van der Waals surface area contributed by atoms with E-state index in [-0.39, 0.29) is 12.1 Å². The molecule has 37 heavy (non-hydrogen) atoms. The molecular formula is C31H29N3O3. The predicted molar refractivity (Wildman–Crippen MR) is 144 cm³/mol. The van der Waals surface area contributed by atoms with Gasteiger partial charge in [0.2, 0.25) is 0 Å². The van der Waals surface area contributed by atoms with Crippen LogP contribution in [0.3, 0.4) is 0 Å². The zero-order chi connectivity index (χ0) is 26.4. The summed E-state index contributed by atoms with van der Waals surface area (Å²) in [6.45, 7) is 4.12. The van der Waals surface area contributed by atoms with Crippen LogP contribution in [0.2, 0.25) is 0 Å². The van der Waals surface area contributed by atoms with Crippen molar-refractivity contribution in [3.63, 3.8) is 0 Å². The highest BCUT2D eigenvalue weighted by atomic mass is 16.5. The van der Waals surface area contributed by atoms with Gasteiger partial charge in [-0.05, 0) is 47.7 Å². The quantitative estimate of drug-likeness (QED) is 0.305. The van der Waals surface area contributed by atoms with E-state index in [1.807, 2.05) is 61.5 Å². The Hall–Kier alpha value is -4.50. The first-order chi connectivity index (χ1) is 18.0. The fourth-order valence-electron chi connectivity index (χ4n) is 4.54. The van der Waals surface area contributed by atoms with E-state index in [1.54, 1.807) is 22.8 Å². The zero-order valence-electron chi connectivity index (χ0n) is 21.3. The van der Waals surface area contributed by atoms with Crippen LogP contribution in [0.15, 0.2) is 77.6 Å². The maximum Gasteiger partial charge on any atom is 0.338 e. The Labute approximate surface area is 216 Å². The number of hydrogen-bond acceptors (Lipinski definition) is 5. The van der Waals surface area contributed by atoms with Gasteiger partial charge in [-0.2, -0.15) is 5.26 Å². The van der Waals surface area contributed by atoms with Gasteiger partial charge in [-0.15, -0.1) is 0 Å². The van der Waals surface area contributed by atoms with Crippen LogP contribution in [0.5, 0.6) is 0 Å². The average molecular weight is 492 g/mol. The summed E-state index contributed by atoms with van der Waals surface area (Å²) in [6.07, 6.45) is 2.02. The van der Waals surface area contributed by atoms with Crippen molar-refractivity contribution in [1.82, 2.24) is 9.55 Å². The van der Waals surface area contributed by atoms with Crippen molar-refractivity contribution in [3.05, 3.63) is 122 Å². The standard InChI is InChI=1S/C31H29N3O3/c1-4-9-29-28(18-22-14-16-23(17-15-22)26-12-7-5-10-24(26)19-32)30(35)34(21(2)33-29)20-25-11-6-8-13-27(25)31(36)37-3/h5-8,10-17H,4,9,18,20H2,1-3H3. The molecule has 186 valence electrons. The fourth-order valence-corrected chi connectivity index (χ4v) is 4.54. The molecule has 0 radical (unpaired) electrons. The monoisotopic (exact) mass is 491 g/mol. The van der Waals surface area contributed by atoms with Crippen molar-refractivity contribution in [2.75, 3.05) is 7.11 Å². The number of aromatic nitrogens is 2. The SMILES string of the molecule is CCCc1nc(C)n(Cc2ccccc2C(=O)OC)c(=O)c1Cc1ccc(-c2ccccc2C#N)cc1. The lowest BCUT2D eigenvalue weighted by molar-refractivity contribution is 0.0599. The van der Waals surface area contributed by atoms with Crippen molar-refractivity contribution >= 4 is 5.97 Å². The van der Waals surface area contributed by atoms with Crippen molar-refractivity contribution in [3.8, 4) is 17.2 Å². The highest BCUT2D eigenvalue weighted by Gasteiger charge is 2.18. The third-order valence-corrected chi connectivity index (χ3v) is 6.47. The number of methoxy groups -OCH3 is 1. The molecule has 6 nitrogen and oxygen atoms in total. The number of rotatable bonds is 8. The van der Waals surface area contributed by atoms with Crippen LogP contribution in [0, 0.1) is 18.3 Å². The van der Waals surface area contributed by atoms with Gasteiger partial charge in [0.15, 0.2) is 0 Å². The van der Waals surface area contributed by atoms with Crippen LogP contribution in [-0.2, 0) is 24.1 Å². The van der Waals surface area contributed by atoms with Crippen molar-refractivity contribution in [2.24, 2.45) is 0 Å². The van der Waals surface area contributed by atoms with Gasteiger partial charge in [0.25, 0.3) is 5.56 Å². The summed E-state index contributed by atoms with van der Waals surface area (Å²) in [5, 5.41) is 9.44. The number of nitriles is 1. The van der Waals surface area contributed by atoms with Gasteiger partial charge in [0.05, 0.1) is 36.5 Å². The summed E-state index contributed by atoms with van der Waals surface area (Å²) in [6, 6.07) is 24.9. The molecule has 0 atom stereocenters. The van der Waals surface area contributed by atoms with E-state index in [1.165, 1.54) is 7.11 Å². The summed E-state index contributed by atoms with van der Waals surface area (Å²) in [4.78, 5) is 30.9. The van der Waals surface area contributed by atoms with E-state index in [9.17, 15) is 14.9 Å². The Kier molecular flexibility index (Phi) is 7.95. The molecule has 0 bridgehead atoms. The number of carbonyl (C=O) groups is 1. The topological polar surface area (TPSA) is 85.0 Å². The molecule has 1 heterocycles. The second-order valence-corrected chi connectivity index (χ2v) is 8.91. The molecule has 0 spiro atoms. The van der Waals surface area contributed by atoms with Crippen LogP contribution in [0.25, 0.3) is 11.1 Å². The third kappa shape index (κ3) is 5.52. The van der Waals surface area contributed by atoms with E-state index >= 15 is 0 Å². The largest absolute Gasteiger partial charge is 0.465 e. The minimum Gasteiger partial charge on any atom is -0.465 e. The molecule has 0 aliphatic heterocycles. The first-order valence-electron chi connectivity index (χ1n) is 12.3. The molecule has 0 saturated carbocycles. The highest BCUT2D eigenvalue weighted by molar-refractivity contribution is 5.91. The summed E-state index contributed by atoms with van der Waals surface area (Å²) in [5.74, 6) is 0.176. The average Bonchev–Trinajstić information content (AvgIpc) is 2.93. The number of nitrogens with zero attached hydrogens (tertiary/aromatic N) is 3. The number of esters is 1. The first kappa shape index (κ1) is 25.6. The van der Waals surface area contributed by atoms with Gasteiger partial charge in [-0.25, -0.2) is 9.78 Å². The van der Waals surface area contributed by atoms with Crippen LogP contribution in [0.1, 0.15) is 57.5 Å². The highest BCUT2D eigenvalue weighted by Crippen LogP contribution is 2.24. The third-order valence-electron chi connectivity index (χ3n) is 6.47. The Bertz CT molecular complexity index is 1530. The van der Waals surface area contributed by atoms with Gasteiger partial charge < -0.3 is 4.74 Å². The van der Waals surface area contributed by atoms with Crippen LogP contribution in [0.4, 0.5) is 0 Å². The van der Waals surface area contributed by atoms with Crippen molar-refractivity contribution in [1.29, 1.82) is 5.26 Å². The second kappa shape index (κ2) is 11.5. The van der Waals surface area contributed by atoms with Crippen molar-refractivity contribution < 1.29 is 9.53 Å². The maximum atomic E-state index is 13.8. The van der Waals surface area contributed by atoms with Crippen molar-refractivity contribution in [2.45, 2.75) is 39.7 Å². The van der Waals surface area contributed by atoms with Crippen LogP contribution in [-0.4, -0.2) is 22.6 Å². The van der Waals surface area contributed by atoms with Gasteiger partial charge in [-0.1, -0.05) is 74.0 Å². The van der Waals surface area contributed by atoms with E-state index in [0.717, 1.165) is 28.8 Å². The number of aryl methyl sites for hydroxylation is 2. The zero-order valence-corrected chi connectivity index (χ0v) is 21.3. The lowest BCUT2D eigenvalue weighted by Crippen LogP contribution is -2.30. The van der Waals surface area contributed by atoms with E-state index in [2.05, 4.69) is 13.0 Å². The molecule has 1 aromatic heterocycles. The van der Waals surface area contributed by atoms with E-state index < -0.39 is 5.97 Å².